The molecule has 3 aromatic rings. The van der Waals surface area contributed by atoms with Crippen LogP contribution in [0.4, 0.5) is 0 Å². The number of aromatic nitrogens is 3. The third-order valence-electron chi connectivity index (χ3n) is 4.55. The van der Waals surface area contributed by atoms with Crippen LogP contribution in [0.15, 0.2) is 48.5 Å². The lowest BCUT2D eigenvalue weighted by molar-refractivity contribution is 0.532. The van der Waals surface area contributed by atoms with Gasteiger partial charge in [-0.05, 0) is 24.0 Å². The largest absolute Gasteiger partial charge is 0.278 e. The van der Waals surface area contributed by atoms with Crippen molar-refractivity contribution in [3.63, 3.8) is 0 Å². The van der Waals surface area contributed by atoms with Gasteiger partial charge in [0, 0.05) is 11.0 Å². The normalized spacial score (nSPS) is 11.7. The minimum absolute atomic E-state index is 0.0914. The topological polar surface area (TPSA) is 30.7 Å². The molecule has 0 spiro atoms. The lowest BCUT2D eigenvalue weighted by Crippen LogP contribution is -2.20. The first kappa shape index (κ1) is 17.4. The Bertz CT molecular complexity index is 832. The number of para-hydroxylation sites is 1. The zero-order valence-electron chi connectivity index (χ0n) is 15.9. The summed E-state index contributed by atoms with van der Waals surface area (Å²) in [5.41, 5.74) is 4.93. The number of nitrogens with zero attached hydrogens (tertiary/aromatic N) is 3. The highest BCUT2D eigenvalue weighted by Gasteiger charge is 2.27. The van der Waals surface area contributed by atoms with E-state index in [0.717, 1.165) is 30.1 Å². The Morgan fingerprint density at radius 2 is 1.40 bits per heavy atom. The maximum Gasteiger partial charge on any atom is 0.168 e. The Kier molecular flexibility index (Phi) is 4.76. The van der Waals surface area contributed by atoms with Gasteiger partial charge < -0.3 is 0 Å². The Labute approximate surface area is 150 Å². The van der Waals surface area contributed by atoms with Crippen molar-refractivity contribution in [2.24, 2.45) is 0 Å². The zero-order chi connectivity index (χ0) is 18.0. The summed E-state index contributed by atoms with van der Waals surface area (Å²) in [4.78, 5) is 0. The molecule has 0 N–H and O–H groups in total. The molecule has 0 fully saturated rings. The minimum atomic E-state index is -0.0914. The first-order valence-electron chi connectivity index (χ1n) is 9.09. The molecule has 130 valence electrons. The van der Waals surface area contributed by atoms with Gasteiger partial charge in [0.2, 0.25) is 0 Å². The summed E-state index contributed by atoms with van der Waals surface area (Å²) in [7, 11) is 0. The molecule has 0 radical (unpaired) electrons. The zero-order valence-corrected chi connectivity index (χ0v) is 15.9. The van der Waals surface area contributed by atoms with Gasteiger partial charge in [0.25, 0.3) is 0 Å². The van der Waals surface area contributed by atoms with Gasteiger partial charge in [-0.1, -0.05) is 83.1 Å². The van der Waals surface area contributed by atoms with Crippen molar-refractivity contribution in [3.8, 4) is 17.1 Å². The highest BCUT2D eigenvalue weighted by molar-refractivity contribution is 5.62. The van der Waals surface area contributed by atoms with E-state index in [4.69, 9.17) is 0 Å². The molecule has 0 aliphatic rings. The molecule has 1 aromatic heterocycles. The van der Waals surface area contributed by atoms with Crippen molar-refractivity contribution in [3.05, 3.63) is 65.5 Å². The monoisotopic (exact) mass is 333 g/mol. The van der Waals surface area contributed by atoms with Crippen LogP contribution in [0.2, 0.25) is 0 Å². The fourth-order valence-corrected chi connectivity index (χ4v) is 3.26. The summed E-state index contributed by atoms with van der Waals surface area (Å²) >= 11 is 0. The van der Waals surface area contributed by atoms with Gasteiger partial charge >= 0.3 is 0 Å². The molecule has 0 atom stereocenters. The van der Waals surface area contributed by atoms with Gasteiger partial charge in [0.05, 0.1) is 5.69 Å². The maximum atomic E-state index is 4.60. The highest BCUT2D eigenvalue weighted by atomic mass is 15.3. The fraction of sp³-hybridized carbons (Fsp3) is 0.364. The van der Waals surface area contributed by atoms with Gasteiger partial charge in [-0.25, -0.2) is 0 Å². The van der Waals surface area contributed by atoms with Crippen molar-refractivity contribution in [2.75, 3.05) is 0 Å². The van der Waals surface area contributed by atoms with Crippen molar-refractivity contribution in [1.82, 2.24) is 14.8 Å². The first-order valence-corrected chi connectivity index (χ1v) is 9.09. The molecule has 0 unspecified atom stereocenters. The van der Waals surface area contributed by atoms with E-state index in [0.29, 0.717) is 0 Å². The van der Waals surface area contributed by atoms with Gasteiger partial charge in [-0.2, -0.15) is 0 Å². The molecule has 3 rings (SSSR count). The molecule has 3 heteroatoms. The molecule has 0 bridgehead atoms. The lowest BCUT2D eigenvalue weighted by Gasteiger charge is -2.23. The average Bonchev–Trinajstić information content (AvgIpc) is 3.06. The molecule has 0 aliphatic heterocycles. The summed E-state index contributed by atoms with van der Waals surface area (Å²) in [6, 6.07) is 16.9. The molecule has 0 saturated heterocycles. The molecule has 25 heavy (non-hydrogen) atoms. The third-order valence-corrected chi connectivity index (χ3v) is 4.55. The van der Waals surface area contributed by atoms with E-state index in [1.54, 1.807) is 0 Å². The van der Waals surface area contributed by atoms with E-state index in [1.165, 1.54) is 16.8 Å². The number of hydrogen-bond donors (Lipinski definition) is 0. The maximum absolute atomic E-state index is 4.60. The molecule has 0 amide bonds. The van der Waals surface area contributed by atoms with Crippen LogP contribution in [-0.2, 0) is 18.3 Å². The van der Waals surface area contributed by atoms with Crippen LogP contribution in [0.1, 0.15) is 51.6 Å². The standard InChI is InChI=1S/C22H27N3/c1-6-16-14-11-15-17(7-2)19(16)25-20(18-12-9-8-10-13-18)23-24-21(25)22(3,4)5/h8-15H,6-7H2,1-5H3. The van der Waals surface area contributed by atoms with E-state index < -0.39 is 0 Å². The summed E-state index contributed by atoms with van der Waals surface area (Å²) in [6.45, 7) is 11.0. The second-order valence-electron chi connectivity index (χ2n) is 7.43. The van der Waals surface area contributed by atoms with Crippen LogP contribution < -0.4 is 0 Å². The van der Waals surface area contributed by atoms with E-state index >= 15 is 0 Å². The Hall–Kier alpha value is -2.42. The fourth-order valence-electron chi connectivity index (χ4n) is 3.26. The van der Waals surface area contributed by atoms with Crippen LogP contribution in [0.5, 0.6) is 0 Å². The van der Waals surface area contributed by atoms with E-state index in [-0.39, 0.29) is 5.41 Å². The number of benzene rings is 2. The summed E-state index contributed by atoms with van der Waals surface area (Å²) in [5, 5.41) is 9.20. The molecular weight excluding hydrogens is 306 g/mol. The molecule has 2 aromatic carbocycles. The predicted octanol–water partition coefficient (Wildman–Crippen LogP) is 5.36. The molecule has 1 heterocycles. The Morgan fingerprint density at radius 3 is 1.92 bits per heavy atom. The summed E-state index contributed by atoms with van der Waals surface area (Å²) < 4.78 is 2.28. The smallest absolute Gasteiger partial charge is 0.168 e. The van der Waals surface area contributed by atoms with Gasteiger partial charge in [-0.15, -0.1) is 10.2 Å². The summed E-state index contributed by atoms with van der Waals surface area (Å²) in [6.07, 6.45) is 1.97. The van der Waals surface area contributed by atoms with Gasteiger partial charge in [0.15, 0.2) is 5.82 Å². The number of rotatable bonds is 4. The van der Waals surface area contributed by atoms with Crippen molar-refractivity contribution in [1.29, 1.82) is 0 Å². The first-order chi connectivity index (χ1) is 12.0. The second-order valence-corrected chi connectivity index (χ2v) is 7.43. The van der Waals surface area contributed by atoms with E-state index in [9.17, 15) is 0 Å². The van der Waals surface area contributed by atoms with Crippen molar-refractivity contribution in [2.45, 2.75) is 52.9 Å². The SMILES string of the molecule is CCc1cccc(CC)c1-n1c(-c2ccccc2)nnc1C(C)(C)C. The van der Waals surface area contributed by atoms with Crippen LogP contribution >= 0.6 is 0 Å². The molecule has 0 saturated carbocycles. The summed E-state index contributed by atoms with van der Waals surface area (Å²) in [5.74, 6) is 1.92. The average molecular weight is 333 g/mol. The highest BCUT2D eigenvalue weighted by Crippen LogP contribution is 2.32. The Balaban J connectivity index is 2.37. The predicted molar refractivity (Wildman–Crippen MR) is 104 cm³/mol. The van der Waals surface area contributed by atoms with Crippen molar-refractivity contribution < 1.29 is 0 Å². The second kappa shape index (κ2) is 6.83. The van der Waals surface area contributed by atoms with Crippen LogP contribution in [0.25, 0.3) is 17.1 Å². The van der Waals surface area contributed by atoms with E-state index in [1.807, 2.05) is 6.07 Å². The van der Waals surface area contributed by atoms with Crippen LogP contribution in [0.3, 0.4) is 0 Å². The third kappa shape index (κ3) is 3.23. The van der Waals surface area contributed by atoms with Gasteiger partial charge in [0.1, 0.15) is 5.82 Å². The quantitative estimate of drug-likeness (QED) is 0.644. The minimum Gasteiger partial charge on any atom is -0.278 e. The number of hydrogen-bond acceptors (Lipinski definition) is 2. The van der Waals surface area contributed by atoms with Gasteiger partial charge in [-0.3, -0.25) is 4.57 Å². The molecule has 3 nitrogen and oxygen atoms in total. The van der Waals surface area contributed by atoms with Crippen LogP contribution in [0, 0.1) is 0 Å². The van der Waals surface area contributed by atoms with Crippen LogP contribution in [-0.4, -0.2) is 14.8 Å². The Morgan fingerprint density at radius 1 is 0.800 bits per heavy atom. The van der Waals surface area contributed by atoms with Crippen molar-refractivity contribution >= 4 is 0 Å². The molecule has 0 aliphatic carbocycles. The lowest BCUT2D eigenvalue weighted by atomic mass is 9.94. The molecular formula is C22H27N3. The van der Waals surface area contributed by atoms with E-state index in [2.05, 4.69) is 91.8 Å². The number of aryl methyl sites for hydroxylation is 2.